The standard InChI is InChI=1S/C15H16BrFN2/c1-19(10-11-4-2-5-12(17)8-11)15-7-3-6-14(16)13(15)9-18/h2-8H,9-10,18H2,1H3. The Bertz CT molecular complexity index is 572. The molecule has 0 fully saturated rings. The second-order valence-corrected chi connectivity index (χ2v) is 5.28. The van der Waals surface area contributed by atoms with Gasteiger partial charge in [-0.2, -0.15) is 0 Å². The third kappa shape index (κ3) is 3.33. The van der Waals surface area contributed by atoms with Crippen molar-refractivity contribution in [2.45, 2.75) is 13.1 Å². The number of hydrogen-bond acceptors (Lipinski definition) is 2. The highest BCUT2D eigenvalue weighted by Crippen LogP contribution is 2.27. The lowest BCUT2D eigenvalue weighted by molar-refractivity contribution is 0.625. The van der Waals surface area contributed by atoms with Gasteiger partial charge in [0.15, 0.2) is 0 Å². The Kier molecular flexibility index (Phi) is 4.56. The van der Waals surface area contributed by atoms with Gasteiger partial charge in [-0.05, 0) is 29.8 Å². The quantitative estimate of drug-likeness (QED) is 0.930. The van der Waals surface area contributed by atoms with Gasteiger partial charge in [0.05, 0.1) is 0 Å². The van der Waals surface area contributed by atoms with Gasteiger partial charge >= 0.3 is 0 Å². The lowest BCUT2D eigenvalue weighted by atomic mass is 10.1. The van der Waals surface area contributed by atoms with Crippen molar-refractivity contribution in [1.29, 1.82) is 0 Å². The second kappa shape index (κ2) is 6.17. The first-order valence-corrected chi connectivity index (χ1v) is 6.84. The molecule has 2 nitrogen and oxygen atoms in total. The topological polar surface area (TPSA) is 29.3 Å². The Hall–Kier alpha value is -1.39. The van der Waals surface area contributed by atoms with Crippen LogP contribution in [0.25, 0.3) is 0 Å². The minimum absolute atomic E-state index is 0.209. The molecule has 2 aromatic carbocycles. The van der Waals surface area contributed by atoms with Crippen LogP contribution >= 0.6 is 15.9 Å². The predicted octanol–water partition coefficient (Wildman–Crippen LogP) is 3.68. The molecule has 0 saturated carbocycles. The van der Waals surface area contributed by atoms with E-state index >= 15 is 0 Å². The van der Waals surface area contributed by atoms with Gasteiger partial charge in [-0.1, -0.05) is 34.1 Å². The van der Waals surface area contributed by atoms with Crippen molar-refractivity contribution in [2.75, 3.05) is 11.9 Å². The number of benzene rings is 2. The van der Waals surface area contributed by atoms with Gasteiger partial charge in [0.1, 0.15) is 5.82 Å². The summed E-state index contributed by atoms with van der Waals surface area (Å²) in [5, 5.41) is 0. The summed E-state index contributed by atoms with van der Waals surface area (Å²) in [6, 6.07) is 12.6. The zero-order valence-corrected chi connectivity index (χ0v) is 12.3. The third-order valence-electron chi connectivity index (χ3n) is 3.02. The highest BCUT2D eigenvalue weighted by molar-refractivity contribution is 9.10. The average Bonchev–Trinajstić information content (AvgIpc) is 2.38. The van der Waals surface area contributed by atoms with E-state index in [-0.39, 0.29) is 5.82 Å². The lowest BCUT2D eigenvalue weighted by Gasteiger charge is -2.23. The van der Waals surface area contributed by atoms with E-state index in [1.54, 1.807) is 12.1 Å². The average molecular weight is 323 g/mol. The molecule has 0 aromatic heterocycles. The molecule has 0 bridgehead atoms. The summed E-state index contributed by atoms with van der Waals surface area (Å²) < 4.78 is 14.2. The molecule has 2 aromatic rings. The van der Waals surface area contributed by atoms with Gasteiger partial charge in [-0.25, -0.2) is 4.39 Å². The number of nitrogens with zero attached hydrogens (tertiary/aromatic N) is 1. The molecule has 0 spiro atoms. The number of anilines is 1. The largest absolute Gasteiger partial charge is 0.370 e. The molecule has 0 aliphatic heterocycles. The fourth-order valence-corrected chi connectivity index (χ4v) is 2.62. The van der Waals surface area contributed by atoms with Crippen molar-refractivity contribution >= 4 is 21.6 Å². The first-order valence-electron chi connectivity index (χ1n) is 6.05. The van der Waals surface area contributed by atoms with E-state index in [2.05, 4.69) is 20.8 Å². The molecule has 0 heterocycles. The molecule has 0 radical (unpaired) electrons. The number of hydrogen-bond donors (Lipinski definition) is 1. The highest BCUT2D eigenvalue weighted by atomic mass is 79.9. The van der Waals surface area contributed by atoms with Crippen LogP contribution in [-0.2, 0) is 13.1 Å². The number of halogens is 2. The smallest absolute Gasteiger partial charge is 0.123 e. The van der Waals surface area contributed by atoms with Gasteiger partial charge in [-0.15, -0.1) is 0 Å². The normalized spacial score (nSPS) is 10.5. The number of nitrogens with two attached hydrogens (primary N) is 1. The summed E-state index contributed by atoms with van der Waals surface area (Å²) in [5.74, 6) is -0.209. The van der Waals surface area contributed by atoms with Crippen LogP contribution in [0.15, 0.2) is 46.9 Å². The molecule has 0 unspecified atom stereocenters. The Morgan fingerprint density at radius 2 is 1.95 bits per heavy atom. The molecule has 2 rings (SSSR count). The molecule has 0 amide bonds. The summed E-state index contributed by atoms with van der Waals surface area (Å²) in [6.45, 7) is 1.10. The third-order valence-corrected chi connectivity index (χ3v) is 3.76. The van der Waals surface area contributed by atoms with Crippen LogP contribution in [0.2, 0.25) is 0 Å². The summed E-state index contributed by atoms with van der Waals surface area (Å²) in [5.41, 5.74) is 8.84. The van der Waals surface area contributed by atoms with E-state index in [1.807, 2.05) is 31.3 Å². The lowest BCUT2D eigenvalue weighted by Crippen LogP contribution is -2.19. The fourth-order valence-electron chi connectivity index (χ4n) is 2.10. The maximum absolute atomic E-state index is 13.2. The van der Waals surface area contributed by atoms with Gasteiger partial charge < -0.3 is 10.6 Å². The van der Waals surface area contributed by atoms with E-state index in [1.165, 1.54) is 6.07 Å². The van der Waals surface area contributed by atoms with Crippen molar-refractivity contribution in [3.8, 4) is 0 Å². The van der Waals surface area contributed by atoms with Crippen molar-refractivity contribution < 1.29 is 4.39 Å². The first-order chi connectivity index (χ1) is 9.11. The second-order valence-electron chi connectivity index (χ2n) is 4.43. The minimum atomic E-state index is -0.209. The highest BCUT2D eigenvalue weighted by Gasteiger charge is 2.10. The molecule has 0 aliphatic rings. The van der Waals surface area contributed by atoms with E-state index in [0.29, 0.717) is 13.1 Å². The molecule has 4 heteroatoms. The first kappa shape index (κ1) is 14.0. The zero-order chi connectivity index (χ0) is 13.8. The summed E-state index contributed by atoms with van der Waals surface area (Å²) >= 11 is 3.51. The summed E-state index contributed by atoms with van der Waals surface area (Å²) in [6.07, 6.45) is 0. The molecule has 100 valence electrons. The van der Waals surface area contributed by atoms with Gasteiger partial charge in [0.2, 0.25) is 0 Å². The molecule has 0 atom stereocenters. The predicted molar refractivity (Wildman–Crippen MR) is 80.5 cm³/mol. The van der Waals surface area contributed by atoms with Gasteiger partial charge in [0.25, 0.3) is 0 Å². The van der Waals surface area contributed by atoms with Crippen LogP contribution in [0.5, 0.6) is 0 Å². The SMILES string of the molecule is CN(Cc1cccc(F)c1)c1cccc(Br)c1CN. The van der Waals surface area contributed by atoms with Crippen molar-refractivity contribution in [3.63, 3.8) is 0 Å². The Balaban J connectivity index is 2.25. The molecular weight excluding hydrogens is 307 g/mol. The van der Waals surface area contributed by atoms with Crippen LogP contribution in [0.4, 0.5) is 10.1 Å². The Morgan fingerprint density at radius 3 is 2.63 bits per heavy atom. The van der Waals surface area contributed by atoms with Crippen molar-refractivity contribution in [1.82, 2.24) is 0 Å². The molecule has 0 aliphatic carbocycles. The maximum atomic E-state index is 13.2. The van der Waals surface area contributed by atoms with E-state index < -0.39 is 0 Å². The van der Waals surface area contributed by atoms with Crippen LogP contribution in [-0.4, -0.2) is 7.05 Å². The van der Waals surface area contributed by atoms with Crippen LogP contribution in [0.3, 0.4) is 0 Å². The molecular formula is C15H16BrFN2. The Labute approximate surface area is 121 Å². The summed E-state index contributed by atoms with van der Waals surface area (Å²) in [4.78, 5) is 2.07. The molecule has 2 N–H and O–H groups in total. The Morgan fingerprint density at radius 1 is 1.21 bits per heavy atom. The molecule has 19 heavy (non-hydrogen) atoms. The van der Waals surface area contributed by atoms with Gasteiger partial charge in [-0.3, -0.25) is 0 Å². The summed E-state index contributed by atoms with van der Waals surface area (Å²) in [7, 11) is 1.98. The van der Waals surface area contributed by atoms with E-state index in [4.69, 9.17) is 5.73 Å². The van der Waals surface area contributed by atoms with E-state index in [9.17, 15) is 4.39 Å². The van der Waals surface area contributed by atoms with Gasteiger partial charge in [0, 0.05) is 35.9 Å². The van der Waals surface area contributed by atoms with Crippen LogP contribution in [0, 0.1) is 5.82 Å². The molecule has 0 saturated heterocycles. The minimum Gasteiger partial charge on any atom is -0.370 e. The van der Waals surface area contributed by atoms with Crippen LogP contribution in [0.1, 0.15) is 11.1 Å². The number of rotatable bonds is 4. The van der Waals surface area contributed by atoms with Crippen LogP contribution < -0.4 is 10.6 Å². The van der Waals surface area contributed by atoms with E-state index in [0.717, 1.165) is 21.3 Å². The van der Waals surface area contributed by atoms with Crippen molar-refractivity contribution in [3.05, 3.63) is 63.9 Å². The zero-order valence-electron chi connectivity index (χ0n) is 10.7. The van der Waals surface area contributed by atoms with Crippen molar-refractivity contribution in [2.24, 2.45) is 5.73 Å². The maximum Gasteiger partial charge on any atom is 0.123 e. The monoisotopic (exact) mass is 322 g/mol. The fraction of sp³-hybridized carbons (Fsp3) is 0.200.